The fourth-order valence-corrected chi connectivity index (χ4v) is 1.78. The lowest BCUT2D eigenvalue weighted by molar-refractivity contribution is 0.617. The van der Waals surface area contributed by atoms with Gasteiger partial charge in [0.1, 0.15) is 5.82 Å². The van der Waals surface area contributed by atoms with Crippen LogP contribution in [0.15, 0.2) is 24.4 Å². The fourth-order valence-electron chi connectivity index (χ4n) is 1.46. The van der Waals surface area contributed by atoms with Crippen LogP contribution < -0.4 is 0 Å². The lowest BCUT2D eigenvalue weighted by Crippen LogP contribution is -1.96. The maximum absolute atomic E-state index is 13.7. The number of aromatic amines is 1. The van der Waals surface area contributed by atoms with Crippen molar-refractivity contribution in [2.24, 2.45) is 0 Å². The summed E-state index contributed by atoms with van der Waals surface area (Å²) in [4.78, 5) is 2.91. The van der Waals surface area contributed by atoms with Crippen molar-refractivity contribution in [3.05, 3.63) is 46.2 Å². The van der Waals surface area contributed by atoms with Crippen LogP contribution in [-0.2, 0) is 0 Å². The Bertz CT molecular complexity index is 633. The van der Waals surface area contributed by atoms with E-state index in [4.69, 9.17) is 17.5 Å². The van der Waals surface area contributed by atoms with E-state index in [2.05, 4.69) is 4.98 Å². The molecular formula is C11H8FN3S. The third kappa shape index (κ3) is 1.75. The largest absolute Gasteiger partial charge is 0.335 e. The summed E-state index contributed by atoms with van der Waals surface area (Å²) < 4.78 is 15.7. The van der Waals surface area contributed by atoms with Gasteiger partial charge in [-0.05, 0) is 37.3 Å². The van der Waals surface area contributed by atoms with Gasteiger partial charge in [-0.3, -0.25) is 4.57 Å². The van der Waals surface area contributed by atoms with Crippen molar-refractivity contribution >= 4 is 12.2 Å². The molecule has 0 spiro atoms. The standard InChI is InChI=1S/C11H8FN3S/c1-7-6-15(11(16)14-7)10-3-2-8(5-13)4-9(10)12/h2-4,6H,1H3,(H,14,16). The molecule has 0 amide bonds. The Hall–Kier alpha value is -1.93. The predicted octanol–water partition coefficient (Wildman–Crippen LogP) is 2.85. The van der Waals surface area contributed by atoms with Crippen LogP contribution in [0.2, 0.25) is 0 Å². The molecule has 5 heteroatoms. The van der Waals surface area contributed by atoms with E-state index in [9.17, 15) is 4.39 Å². The van der Waals surface area contributed by atoms with Crippen LogP contribution in [-0.4, -0.2) is 9.55 Å². The number of imidazole rings is 1. The van der Waals surface area contributed by atoms with E-state index in [1.807, 2.05) is 13.0 Å². The number of nitriles is 1. The number of aromatic nitrogens is 2. The van der Waals surface area contributed by atoms with Crippen LogP contribution >= 0.6 is 12.2 Å². The topological polar surface area (TPSA) is 44.5 Å². The van der Waals surface area contributed by atoms with Crippen LogP contribution in [0, 0.1) is 28.8 Å². The summed E-state index contributed by atoms with van der Waals surface area (Å²) >= 11 is 5.05. The van der Waals surface area contributed by atoms with Crippen LogP contribution in [0.4, 0.5) is 4.39 Å². The van der Waals surface area contributed by atoms with E-state index in [0.29, 0.717) is 16.0 Å². The average molecular weight is 233 g/mol. The molecule has 0 unspecified atom stereocenters. The Morgan fingerprint density at radius 1 is 1.50 bits per heavy atom. The van der Waals surface area contributed by atoms with Gasteiger partial charge < -0.3 is 4.98 Å². The summed E-state index contributed by atoms with van der Waals surface area (Å²) in [6.07, 6.45) is 1.72. The summed E-state index contributed by atoms with van der Waals surface area (Å²) in [7, 11) is 0. The first-order chi connectivity index (χ1) is 7.61. The number of nitrogens with zero attached hydrogens (tertiary/aromatic N) is 2. The number of hydrogen-bond donors (Lipinski definition) is 1. The molecule has 0 saturated carbocycles. The van der Waals surface area contributed by atoms with Crippen molar-refractivity contribution in [2.45, 2.75) is 6.92 Å². The van der Waals surface area contributed by atoms with Gasteiger partial charge in [-0.2, -0.15) is 5.26 Å². The van der Waals surface area contributed by atoms with Crippen LogP contribution in [0.5, 0.6) is 0 Å². The molecule has 1 heterocycles. The minimum atomic E-state index is -0.464. The van der Waals surface area contributed by atoms with Gasteiger partial charge in [0.05, 0.1) is 17.3 Å². The maximum atomic E-state index is 13.7. The molecule has 0 aliphatic carbocycles. The Labute approximate surface area is 96.8 Å². The minimum Gasteiger partial charge on any atom is -0.335 e. The number of H-pyrrole nitrogens is 1. The molecule has 1 N–H and O–H groups in total. The SMILES string of the molecule is Cc1cn(-c2ccc(C#N)cc2F)c(=S)[nH]1. The van der Waals surface area contributed by atoms with E-state index in [1.54, 1.807) is 16.8 Å². The molecular weight excluding hydrogens is 225 g/mol. The molecule has 0 fully saturated rings. The lowest BCUT2D eigenvalue weighted by atomic mass is 10.2. The molecule has 2 aromatic rings. The number of hydrogen-bond acceptors (Lipinski definition) is 2. The fraction of sp³-hybridized carbons (Fsp3) is 0.0909. The first kappa shape index (κ1) is 10.6. The molecule has 3 nitrogen and oxygen atoms in total. The third-order valence-electron chi connectivity index (χ3n) is 2.18. The van der Waals surface area contributed by atoms with Gasteiger partial charge in [0.25, 0.3) is 0 Å². The smallest absolute Gasteiger partial charge is 0.182 e. The van der Waals surface area contributed by atoms with E-state index in [0.717, 1.165) is 5.69 Å². The number of halogens is 1. The van der Waals surface area contributed by atoms with Crippen LogP contribution in [0.1, 0.15) is 11.3 Å². The Morgan fingerprint density at radius 3 is 2.75 bits per heavy atom. The molecule has 0 radical (unpaired) electrons. The third-order valence-corrected chi connectivity index (χ3v) is 2.48. The molecule has 1 aromatic heterocycles. The Kier molecular flexibility index (Phi) is 2.59. The molecule has 2 rings (SSSR count). The van der Waals surface area contributed by atoms with Crippen molar-refractivity contribution in [3.8, 4) is 11.8 Å². The molecule has 1 aromatic carbocycles. The van der Waals surface area contributed by atoms with Gasteiger partial charge in [-0.25, -0.2) is 4.39 Å². The maximum Gasteiger partial charge on any atom is 0.182 e. The van der Waals surface area contributed by atoms with Crippen molar-refractivity contribution < 1.29 is 4.39 Å². The van der Waals surface area contributed by atoms with E-state index >= 15 is 0 Å². The monoisotopic (exact) mass is 233 g/mol. The molecule has 0 bridgehead atoms. The highest BCUT2D eigenvalue weighted by atomic mass is 32.1. The zero-order valence-electron chi connectivity index (χ0n) is 8.49. The average Bonchev–Trinajstić information content (AvgIpc) is 2.57. The van der Waals surface area contributed by atoms with Crippen molar-refractivity contribution in [1.29, 1.82) is 5.26 Å². The number of rotatable bonds is 1. The summed E-state index contributed by atoms with van der Waals surface area (Å²) in [5.41, 5.74) is 1.49. The second-order valence-electron chi connectivity index (χ2n) is 3.39. The van der Waals surface area contributed by atoms with E-state index < -0.39 is 5.82 Å². The highest BCUT2D eigenvalue weighted by Gasteiger charge is 2.07. The highest BCUT2D eigenvalue weighted by molar-refractivity contribution is 7.71. The van der Waals surface area contributed by atoms with E-state index in [1.165, 1.54) is 12.1 Å². The number of aryl methyl sites for hydroxylation is 1. The molecule has 0 aliphatic rings. The normalized spacial score (nSPS) is 10.1. The molecule has 80 valence electrons. The van der Waals surface area contributed by atoms with Gasteiger partial charge in [0, 0.05) is 11.9 Å². The zero-order chi connectivity index (χ0) is 11.7. The predicted molar refractivity (Wildman–Crippen MR) is 60.4 cm³/mol. The molecule has 0 aliphatic heterocycles. The van der Waals surface area contributed by atoms with Crippen LogP contribution in [0.25, 0.3) is 5.69 Å². The van der Waals surface area contributed by atoms with E-state index in [-0.39, 0.29) is 0 Å². The number of nitrogens with one attached hydrogen (secondary N) is 1. The van der Waals surface area contributed by atoms with Crippen molar-refractivity contribution in [1.82, 2.24) is 9.55 Å². The second kappa shape index (κ2) is 3.91. The first-order valence-electron chi connectivity index (χ1n) is 4.60. The van der Waals surface area contributed by atoms with Gasteiger partial charge in [0.2, 0.25) is 0 Å². The Morgan fingerprint density at radius 2 is 2.25 bits per heavy atom. The zero-order valence-corrected chi connectivity index (χ0v) is 9.31. The summed E-state index contributed by atoms with van der Waals surface area (Å²) in [5.74, 6) is -0.464. The minimum absolute atomic E-state index is 0.292. The number of benzene rings is 1. The van der Waals surface area contributed by atoms with Crippen molar-refractivity contribution in [3.63, 3.8) is 0 Å². The first-order valence-corrected chi connectivity index (χ1v) is 5.01. The molecule has 16 heavy (non-hydrogen) atoms. The molecule has 0 atom stereocenters. The quantitative estimate of drug-likeness (QED) is 0.770. The van der Waals surface area contributed by atoms with Crippen molar-refractivity contribution in [2.75, 3.05) is 0 Å². The Balaban J connectivity index is 2.62. The summed E-state index contributed by atoms with van der Waals surface area (Å²) in [6, 6.07) is 6.17. The lowest BCUT2D eigenvalue weighted by Gasteiger charge is -2.03. The van der Waals surface area contributed by atoms with Gasteiger partial charge >= 0.3 is 0 Å². The van der Waals surface area contributed by atoms with Gasteiger partial charge in [0.15, 0.2) is 4.77 Å². The van der Waals surface area contributed by atoms with Crippen LogP contribution in [0.3, 0.4) is 0 Å². The highest BCUT2D eigenvalue weighted by Crippen LogP contribution is 2.16. The summed E-state index contributed by atoms with van der Waals surface area (Å²) in [5, 5.41) is 8.63. The second-order valence-corrected chi connectivity index (χ2v) is 3.78. The molecule has 0 saturated heterocycles. The summed E-state index contributed by atoms with van der Waals surface area (Å²) in [6.45, 7) is 1.84. The van der Waals surface area contributed by atoms with Gasteiger partial charge in [-0.15, -0.1) is 0 Å². The van der Waals surface area contributed by atoms with Gasteiger partial charge in [-0.1, -0.05) is 0 Å².